The first-order chi connectivity index (χ1) is 10.1. The van der Waals surface area contributed by atoms with Crippen molar-refractivity contribution >= 4 is 5.91 Å². The third kappa shape index (κ3) is 4.51. The van der Waals surface area contributed by atoms with Gasteiger partial charge in [-0.1, -0.05) is 26.0 Å². The smallest absolute Gasteiger partial charge is 0.222 e. The molecule has 1 aromatic carbocycles. The monoisotopic (exact) mass is 294 g/mol. The van der Waals surface area contributed by atoms with Crippen LogP contribution in [-0.4, -0.2) is 43.7 Å². The second-order valence-electron chi connectivity index (χ2n) is 5.62. The predicted octanol–water partition coefficient (Wildman–Crippen LogP) is 1.97. The van der Waals surface area contributed by atoms with Gasteiger partial charge in [-0.2, -0.15) is 0 Å². The van der Waals surface area contributed by atoms with Crippen LogP contribution in [0.4, 0.5) is 4.39 Å². The van der Waals surface area contributed by atoms with E-state index in [0.717, 1.165) is 18.7 Å². The van der Waals surface area contributed by atoms with Crippen molar-refractivity contribution in [3.8, 4) is 0 Å². The van der Waals surface area contributed by atoms with Crippen molar-refractivity contribution < 1.29 is 13.9 Å². The Morgan fingerprint density at radius 1 is 1.29 bits per heavy atom. The predicted molar refractivity (Wildman–Crippen MR) is 79.4 cm³/mol. The molecular formula is C16H23FN2O2. The summed E-state index contributed by atoms with van der Waals surface area (Å²) in [5, 5.41) is 2.98. The lowest BCUT2D eigenvalue weighted by molar-refractivity contribution is -0.124. The van der Waals surface area contributed by atoms with Crippen LogP contribution in [0.5, 0.6) is 0 Å². The first-order valence-electron chi connectivity index (χ1n) is 7.43. The van der Waals surface area contributed by atoms with Gasteiger partial charge in [-0.25, -0.2) is 4.39 Å². The average molecular weight is 294 g/mol. The molecule has 0 saturated carbocycles. The highest BCUT2D eigenvalue weighted by atomic mass is 19.1. The van der Waals surface area contributed by atoms with E-state index in [1.54, 1.807) is 12.1 Å². The van der Waals surface area contributed by atoms with Crippen LogP contribution in [0.3, 0.4) is 0 Å². The van der Waals surface area contributed by atoms with Crippen LogP contribution < -0.4 is 5.32 Å². The number of carbonyl (C=O) groups is 1. The Morgan fingerprint density at radius 2 is 1.90 bits per heavy atom. The Bertz CT molecular complexity index is 456. The number of halogens is 1. The van der Waals surface area contributed by atoms with Gasteiger partial charge in [0.25, 0.3) is 0 Å². The number of hydrogen-bond acceptors (Lipinski definition) is 3. The third-order valence-corrected chi connectivity index (χ3v) is 3.74. The topological polar surface area (TPSA) is 41.6 Å². The highest BCUT2D eigenvalue weighted by Gasteiger charge is 2.23. The van der Waals surface area contributed by atoms with Gasteiger partial charge < -0.3 is 10.1 Å². The number of nitrogens with zero attached hydrogens (tertiary/aromatic N) is 1. The summed E-state index contributed by atoms with van der Waals surface area (Å²) in [6.45, 7) is 7.29. The SMILES string of the molecule is CC(C)C(=O)NCC(c1ccc(F)cc1)N1CCOCC1. The Balaban J connectivity index is 2.09. The number of hydrogen-bond donors (Lipinski definition) is 1. The summed E-state index contributed by atoms with van der Waals surface area (Å²) in [4.78, 5) is 14.1. The van der Waals surface area contributed by atoms with Gasteiger partial charge in [-0.3, -0.25) is 9.69 Å². The van der Waals surface area contributed by atoms with Crippen molar-refractivity contribution in [1.29, 1.82) is 0 Å². The molecule has 0 spiro atoms. The molecule has 1 N–H and O–H groups in total. The van der Waals surface area contributed by atoms with Gasteiger partial charge in [0.1, 0.15) is 5.82 Å². The number of benzene rings is 1. The zero-order chi connectivity index (χ0) is 15.2. The van der Waals surface area contributed by atoms with Crippen LogP contribution in [0.2, 0.25) is 0 Å². The Labute approximate surface area is 125 Å². The van der Waals surface area contributed by atoms with Gasteiger partial charge in [0.2, 0.25) is 5.91 Å². The number of amides is 1. The molecule has 1 aromatic rings. The second kappa shape index (κ2) is 7.52. The minimum absolute atomic E-state index is 0.0374. The lowest BCUT2D eigenvalue weighted by Gasteiger charge is -2.35. The molecule has 0 radical (unpaired) electrons. The Kier molecular flexibility index (Phi) is 5.70. The lowest BCUT2D eigenvalue weighted by Crippen LogP contribution is -2.44. The number of rotatable bonds is 5. The van der Waals surface area contributed by atoms with E-state index < -0.39 is 0 Å². The van der Waals surface area contributed by atoms with Gasteiger partial charge >= 0.3 is 0 Å². The number of carbonyl (C=O) groups excluding carboxylic acids is 1. The zero-order valence-electron chi connectivity index (χ0n) is 12.6. The Morgan fingerprint density at radius 3 is 2.48 bits per heavy atom. The maximum atomic E-state index is 13.1. The van der Waals surface area contributed by atoms with E-state index in [9.17, 15) is 9.18 Å². The molecule has 4 nitrogen and oxygen atoms in total. The maximum Gasteiger partial charge on any atom is 0.222 e. The van der Waals surface area contributed by atoms with Crippen molar-refractivity contribution in [2.24, 2.45) is 5.92 Å². The standard InChI is InChI=1S/C16H23FN2O2/c1-12(2)16(20)18-11-15(19-7-9-21-10-8-19)13-3-5-14(17)6-4-13/h3-6,12,15H,7-11H2,1-2H3,(H,18,20). The third-order valence-electron chi connectivity index (χ3n) is 3.74. The van der Waals surface area contributed by atoms with Crippen LogP contribution in [0.15, 0.2) is 24.3 Å². The van der Waals surface area contributed by atoms with Crippen LogP contribution in [0, 0.1) is 11.7 Å². The summed E-state index contributed by atoms with van der Waals surface area (Å²) in [6.07, 6.45) is 0. The van der Waals surface area contributed by atoms with Gasteiger partial charge in [0.15, 0.2) is 0 Å². The number of morpholine rings is 1. The summed E-state index contributed by atoms with van der Waals surface area (Å²) in [6, 6.07) is 6.56. The molecule has 1 saturated heterocycles. The molecule has 1 aliphatic heterocycles. The van der Waals surface area contributed by atoms with E-state index in [4.69, 9.17) is 4.74 Å². The molecule has 1 unspecified atom stereocenters. The van der Waals surface area contributed by atoms with Gasteiger partial charge in [0.05, 0.1) is 19.3 Å². The van der Waals surface area contributed by atoms with Crippen LogP contribution in [0.1, 0.15) is 25.5 Å². The summed E-state index contributed by atoms with van der Waals surface area (Å²) in [7, 11) is 0. The normalized spacial score (nSPS) is 17.7. The van der Waals surface area contributed by atoms with Crippen LogP contribution in [-0.2, 0) is 9.53 Å². The fraction of sp³-hybridized carbons (Fsp3) is 0.562. The largest absolute Gasteiger partial charge is 0.379 e. The molecule has 0 aliphatic carbocycles. The van der Waals surface area contributed by atoms with E-state index in [1.165, 1.54) is 12.1 Å². The molecule has 116 valence electrons. The maximum absolute atomic E-state index is 13.1. The molecule has 21 heavy (non-hydrogen) atoms. The second-order valence-corrected chi connectivity index (χ2v) is 5.62. The molecule has 1 heterocycles. The van der Waals surface area contributed by atoms with Crippen molar-refractivity contribution in [3.05, 3.63) is 35.6 Å². The number of ether oxygens (including phenoxy) is 1. The van der Waals surface area contributed by atoms with E-state index in [1.807, 2.05) is 13.8 Å². The van der Waals surface area contributed by atoms with E-state index in [-0.39, 0.29) is 23.7 Å². The highest BCUT2D eigenvalue weighted by molar-refractivity contribution is 5.77. The Hall–Kier alpha value is -1.46. The minimum atomic E-state index is -0.245. The average Bonchev–Trinajstić information content (AvgIpc) is 2.50. The van der Waals surface area contributed by atoms with Crippen molar-refractivity contribution in [2.75, 3.05) is 32.8 Å². The molecular weight excluding hydrogens is 271 g/mol. The van der Waals surface area contributed by atoms with Gasteiger partial charge in [-0.05, 0) is 17.7 Å². The van der Waals surface area contributed by atoms with E-state index >= 15 is 0 Å². The first-order valence-corrected chi connectivity index (χ1v) is 7.43. The lowest BCUT2D eigenvalue weighted by atomic mass is 10.0. The summed E-state index contributed by atoms with van der Waals surface area (Å²) >= 11 is 0. The fourth-order valence-electron chi connectivity index (χ4n) is 2.43. The number of nitrogens with one attached hydrogen (secondary N) is 1. The summed E-state index contributed by atoms with van der Waals surface area (Å²) < 4.78 is 18.5. The molecule has 1 aliphatic rings. The summed E-state index contributed by atoms with van der Waals surface area (Å²) in [5.74, 6) is -0.246. The molecule has 1 atom stereocenters. The van der Waals surface area contributed by atoms with Crippen molar-refractivity contribution in [2.45, 2.75) is 19.9 Å². The molecule has 1 amide bonds. The van der Waals surface area contributed by atoms with Crippen LogP contribution in [0.25, 0.3) is 0 Å². The van der Waals surface area contributed by atoms with E-state index in [2.05, 4.69) is 10.2 Å². The molecule has 5 heteroatoms. The van der Waals surface area contributed by atoms with Crippen LogP contribution >= 0.6 is 0 Å². The highest BCUT2D eigenvalue weighted by Crippen LogP contribution is 2.21. The molecule has 0 bridgehead atoms. The molecule has 0 aromatic heterocycles. The minimum Gasteiger partial charge on any atom is -0.379 e. The van der Waals surface area contributed by atoms with Gasteiger partial charge in [-0.15, -0.1) is 0 Å². The summed E-state index contributed by atoms with van der Waals surface area (Å²) in [5.41, 5.74) is 1.02. The molecule has 2 rings (SSSR count). The zero-order valence-corrected chi connectivity index (χ0v) is 12.6. The quantitative estimate of drug-likeness (QED) is 0.903. The van der Waals surface area contributed by atoms with Crippen molar-refractivity contribution in [1.82, 2.24) is 10.2 Å². The van der Waals surface area contributed by atoms with Gasteiger partial charge in [0, 0.05) is 25.6 Å². The molecule has 1 fully saturated rings. The van der Waals surface area contributed by atoms with E-state index in [0.29, 0.717) is 19.8 Å². The first kappa shape index (κ1) is 15.9. The fourth-order valence-corrected chi connectivity index (χ4v) is 2.43. The van der Waals surface area contributed by atoms with Crippen molar-refractivity contribution in [3.63, 3.8) is 0 Å².